The molecule has 1 rings (SSSR count). The number of nitrogens with one attached hydrogen (secondary N) is 1. The molecule has 3 N–H and O–H groups in total. The summed E-state index contributed by atoms with van der Waals surface area (Å²) in [5, 5.41) is 6.70. The molecule has 0 spiro atoms. The topological polar surface area (TPSA) is 75.0 Å². The second kappa shape index (κ2) is 6.02. The average Bonchev–Trinajstić information content (AvgIpc) is 2.63. The van der Waals surface area contributed by atoms with E-state index < -0.39 is 0 Å². The number of aromatic nitrogens is 2. The summed E-state index contributed by atoms with van der Waals surface area (Å²) in [4.78, 5) is 13.6. The molecule has 0 saturated heterocycles. The number of aromatic amines is 1. The predicted octanol–water partition coefficient (Wildman–Crippen LogP) is 1.20. The first-order chi connectivity index (χ1) is 7.35. The summed E-state index contributed by atoms with van der Waals surface area (Å²) >= 11 is 0. The van der Waals surface area contributed by atoms with Gasteiger partial charge in [0.15, 0.2) is 0 Å². The molecule has 0 radical (unpaired) electrons. The molecule has 0 bridgehead atoms. The zero-order valence-corrected chi connectivity index (χ0v) is 11.6. The minimum absolute atomic E-state index is 0. The van der Waals surface area contributed by atoms with Crippen molar-refractivity contribution in [3.05, 3.63) is 17.5 Å². The lowest BCUT2D eigenvalue weighted by atomic mass is 9.93. The number of carbonyl (C=O) groups is 1. The van der Waals surface area contributed by atoms with E-state index in [-0.39, 0.29) is 23.7 Å². The fraction of sp³-hybridized carbons (Fsp3) is 0.636. The van der Waals surface area contributed by atoms with Crippen molar-refractivity contribution in [2.45, 2.75) is 20.8 Å². The smallest absolute Gasteiger partial charge is 0.274 e. The van der Waals surface area contributed by atoms with Crippen LogP contribution < -0.4 is 5.73 Å². The minimum Gasteiger partial charge on any atom is -0.340 e. The number of halogens is 1. The third-order valence-corrected chi connectivity index (χ3v) is 2.49. The molecule has 0 unspecified atom stereocenters. The van der Waals surface area contributed by atoms with Crippen LogP contribution in [-0.4, -0.2) is 41.1 Å². The van der Waals surface area contributed by atoms with E-state index in [9.17, 15) is 4.79 Å². The number of carbonyl (C=O) groups excluding carboxylic acids is 1. The summed E-state index contributed by atoms with van der Waals surface area (Å²) in [6, 6.07) is 1.74. The van der Waals surface area contributed by atoms with Gasteiger partial charge in [0.05, 0.1) is 0 Å². The van der Waals surface area contributed by atoms with E-state index in [0.29, 0.717) is 18.8 Å². The Labute approximate surface area is 108 Å². The molecule has 6 heteroatoms. The van der Waals surface area contributed by atoms with Crippen molar-refractivity contribution in [3.8, 4) is 0 Å². The Hall–Kier alpha value is -1.07. The Kier molecular flexibility index (Phi) is 5.64. The van der Waals surface area contributed by atoms with Gasteiger partial charge in [0.25, 0.3) is 5.91 Å². The van der Waals surface area contributed by atoms with Gasteiger partial charge in [-0.1, -0.05) is 13.8 Å². The summed E-state index contributed by atoms with van der Waals surface area (Å²) in [5.41, 5.74) is 6.90. The Balaban J connectivity index is 0.00000256. The molecule has 98 valence electrons. The molecular weight excluding hydrogens is 240 g/mol. The van der Waals surface area contributed by atoms with Crippen LogP contribution in [0.2, 0.25) is 0 Å². The van der Waals surface area contributed by atoms with Gasteiger partial charge < -0.3 is 10.6 Å². The van der Waals surface area contributed by atoms with Gasteiger partial charge in [0, 0.05) is 19.3 Å². The fourth-order valence-electron chi connectivity index (χ4n) is 1.50. The maximum Gasteiger partial charge on any atom is 0.274 e. The summed E-state index contributed by atoms with van der Waals surface area (Å²) in [5.74, 6) is -0.0779. The lowest BCUT2D eigenvalue weighted by Gasteiger charge is -2.28. The predicted molar refractivity (Wildman–Crippen MR) is 70.4 cm³/mol. The zero-order chi connectivity index (χ0) is 12.3. The van der Waals surface area contributed by atoms with Crippen LogP contribution in [-0.2, 0) is 0 Å². The highest BCUT2D eigenvalue weighted by Gasteiger charge is 2.22. The van der Waals surface area contributed by atoms with Crippen LogP contribution in [0.1, 0.15) is 30.0 Å². The average molecular weight is 261 g/mol. The first-order valence-electron chi connectivity index (χ1n) is 5.33. The molecule has 1 aromatic heterocycles. The van der Waals surface area contributed by atoms with Gasteiger partial charge in [-0.05, 0) is 24.9 Å². The summed E-state index contributed by atoms with van der Waals surface area (Å²) in [6.07, 6.45) is 0. The van der Waals surface area contributed by atoms with Gasteiger partial charge in [-0.2, -0.15) is 5.10 Å². The highest BCUT2D eigenvalue weighted by Crippen LogP contribution is 2.15. The van der Waals surface area contributed by atoms with Gasteiger partial charge in [0.2, 0.25) is 0 Å². The van der Waals surface area contributed by atoms with Crippen molar-refractivity contribution < 1.29 is 4.79 Å². The lowest BCUT2D eigenvalue weighted by Crippen LogP contribution is -2.39. The van der Waals surface area contributed by atoms with Crippen LogP contribution in [0.25, 0.3) is 0 Å². The quantitative estimate of drug-likeness (QED) is 0.854. The van der Waals surface area contributed by atoms with E-state index in [1.54, 1.807) is 18.0 Å². The third-order valence-electron chi connectivity index (χ3n) is 2.49. The molecule has 0 aliphatic carbocycles. The number of nitrogens with two attached hydrogens (primary N) is 1. The normalized spacial score (nSPS) is 10.9. The first-order valence-corrected chi connectivity index (χ1v) is 5.33. The SMILES string of the molecule is Cc1cc(C(=O)N(C)CC(C)(C)CN)n[nH]1.Cl. The Morgan fingerprint density at radius 3 is 2.59 bits per heavy atom. The largest absolute Gasteiger partial charge is 0.340 e. The van der Waals surface area contributed by atoms with Crippen molar-refractivity contribution in [3.63, 3.8) is 0 Å². The molecule has 1 amide bonds. The molecule has 0 aliphatic heterocycles. The Morgan fingerprint density at radius 1 is 1.59 bits per heavy atom. The molecule has 0 atom stereocenters. The standard InChI is InChI=1S/C11H20N4O.ClH/c1-8-5-9(14-13-8)10(16)15(4)7-11(2,3)6-12;/h5H,6-7,12H2,1-4H3,(H,13,14);1H. The van der Waals surface area contributed by atoms with Gasteiger partial charge in [-0.15, -0.1) is 12.4 Å². The number of amides is 1. The number of H-pyrrole nitrogens is 1. The summed E-state index contributed by atoms with van der Waals surface area (Å²) < 4.78 is 0. The van der Waals surface area contributed by atoms with E-state index >= 15 is 0 Å². The van der Waals surface area contributed by atoms with E-state index in [2.05, 4.69) is 10.2 Å². The zero-order valence-electron chi connectivity index (χ0n) is 10.8. The molecule has 0 aromatic carbocycles. The summed E-state index contributed by atoms with van der Waals surface area (Å²) in [6.45, 7) is 7.10. The maximum absolute atomic E-state index is 12.0. The van der Waals surface area contributed by atoms with Gasteiger partial charge >= 0.3 is 0 Å². The monoisotopic (exact) mass is 260 g/mol. The molecule has 0 saturated carbocycles. The molecular formula is C11H21ClN4O. The van der Waals surface area contributed by atoms with Crippen LogP contribution >= 0.6 is 12.4 Å². The fourth-order valence-corrected chi connectivity index (χ4v) is 1.50. The number of aryl methyl sites for hydroxylation is 1. The molecule has 17 heavy (non-hydrogen) atoms. The van der Waals surface area contributed by atoms with Gasteiger partial charge in [-0.25, -0.2) is 0 Å². The second-order valence-corrected chi connectivity index (χ2v) is 4.97. The van der Waals surface area contributed by atoms with Crippen molar-refractivity contribution in [1.29, 1.82) is 0 Å². The number of rotatable bonds is 4. The van der Waals surface area contributed by atoms with E-state index in [4.69, 9.17) is 5.73 Å². The van der Waals surface area contributed by atoms with Crippen molar-refractivity contribution >= 4 is 18.3 Å². The van der Waals surface area contributed by atoms with E-state index in [1.807, 2.05) is 20.8 Å². The highest BCUT2D eigenvalue weighted by atomic mass is 35.5. The third kappa shape index (κ3) is 4.36. The van der Waals surface area contributed by atoms with Crippen LogP contribution in [0, 0.1) is 12.3 Å². The lowest BCUT2D eigenvalue weighted by molar-refractivity contribution is 0.0734. The molecule has 0 aliphatic rings. The van der Waals surface area contributed by atoms with E-state index in [0.717, 1.165) is 5.69 Å². The summed E-state index contributed by atoms with van der Waals surface area (Å²) in [7, 11) is 1.77. The van der Waals surface area contributed by atoms with Crippen molar-refractivity contribution in [1.82, 2.24) is 15.1 Å². The number of hydrogen-bond acceptors (Lipinski definition) is 3. The molecule has 1 aromatic rings. The van der Waals surface area contributed by atoms with E-state index in [1.165, 1.54) is 0 Å². The molecule has 5 nitrogen and oxygen atoms in total. The Bertz CT molecular complexity index is 375. The maximum atomic E-state index is 12.0. The first kappa shape index (κ1) is 15.9. The highest BCUT2D eigenvalue weighted by molar-refractivity contribution is 5.92. The molecule has 0 fully saturated rings. The van der Waals surface area contributed by atoms with Crippen LogP contribution in [0.5, 0.6) is 0 Å². The minimum atomic E-state index is -0.0779. The van der Waals surface area contributed by atoms with Crippen LogP contribution in [0.15, 0.2) is 6.07 Å². The van der Waals surface area contributed by atoms with Gasteiger partial charge in [-0.3, -0.25) is 9.89 Å². The van der Waals surface area contributed by atoms with Crippen LogP contribution in [0.4, 0.5) is 0 Å². The molecule has 1 heterocycles. The Morgan fingerprint density at radius 2 is 2.18 bits per heavy atom. The van der Waals surface area contributed by atoms with Crippen molar-refractivity contribution in [2.75, 3.05) is 20.1 Å². The van der Waals surface area contributed by atoms with Gasteiger partial charge in [0.1, 0.15) is 5.69 Å². The van der Waals surface area contributed by atoms with Crippen molar-refractivity contribution in [2.24, 2.45) is 11.1 Å². The second-order valence-electron chi connectivity index (χ2n) is 4.97. The number of hydrogen-bond donors (Lipinski definition) is 2. The van der Waals surface area contributed by atoms with Crippen LogP contribution in [0.3, 0.4) is 0 Å². The number of nitrogens with zero attached hydrogens (tertiary/aromatic N) is 2.